The Balaban J connectivity index is 2.15. The van der Waals surface area contributed by atoms with Crippen LogP contribution in [0.4, 0.5) is 0 Å². The van der Waals surface area contributed by atoms with Crippen LogP contribution >= 0.6 is 35.6 Å². The molecule has 1 aliphatic heterocycles. The summed E-state index contributed by atoms with van der Waals surface area (Å²) in [4.78, 5) is 24.5. The first-order valence-electron chi connectivity index (χ1n) is 6.34. The molecule has 1 heterocycles. The van der Waals surface area contributed by atoms with E-state index in [1.54, 1.807) is 12.1 Å². The second-order valence-corrected chi connectivity index (χ2v) is 6.65. The molecule has 116 valence electrons. The predicted molar refractivity (Wildman–Crippen MR) is 89.9 cm³/mol. The Bertz CT molecular complexity index is 675. The van der Waals surface area contributed by atoms with Gasteiger partial charge in [-0.05, 0) is 30.7 Å². The van der Waals surface area contributed by atoms with Crippen molar-refractivity contribution in [1.29, 1.82) is 0 Å². The Morgan fingerprint density at radius 2 is 2.18 bits per heavy atom. The van der Waals surface area contributed by atoms with E-state index < -0.39 is 5.97 Å². The van der Waals surface area contributed by atoms with Crippen LogP contribution in [0.2, 0.25) is 5.02 Å². The van der Waals surface area contributed by atoms with Gasteiger partial charge in [-0.3, -0.25) is 14.5 Å². The highest BCUT2D eigenvalue weighted by Gasteiger charge is 2.31. The fraction of sp³-hybridized carbons (Fsp3) is 0.214. The minimum atomic E-state index is -0.912. The number of amides is 1. The van der Waals surface area contributed by atoms with Crippen LogP contribution in [0.15, 0.2) is 23.1 Å². The van der Waals surface area contributed by atoms with Gasteiger partial charge in [0, 0.05) is 23.6 Å². The number of carboxylic acids is 1. The smallest absolute Gasteiger partial charge is 0.303 e. The third-order valence-electron chi connectivity index (χ3n) is 2.92. The molecule has 0 saturated carbocycles. The number of aliphatic carboxylic acids is 1. The molecule has 5 nitrogen and oxygen atoms in total. The van der Waals surface area contributed by atoms with Crippen molar-refractivity contribution in [2.24, 2.45) is 0 Å². The van der Waals surface area contributed by atoms with Gasteiger partial charge in [-0.15, -0.1) is 0 Å². The maximum absolute atomic E-state index is 12.3. The first-order chi connectivity index (χ1) is 10.4. The van der Waals surface area contributed by atoms with Crippen LogP contribution in [0, 0.1) is 0 Å². The molecule has 0 spiro atoms. The number of aromatic hydroxyl groups is 1. The highest BCUT2D eigenvalue weighted by molar-refractivity contribution is 8.26. The number of benzene rings is 1. The monoisotopic (exact) mass is 357 g/mol. The van der Waals surface area contributed by atoms with Gasteiger partial charge in [-0.2, -0.15) is 0 Å². The van der Waals surface area contributed by atoms with Crippen molar-refractivity contribution < 1.29 is 19.8 Å². The summed E-state index contributed by atoms with van der Waals surface area (Å²) >= 11 is 12.1. The van der Waals surface area contributed by atoms with Crippen LogP contribution in [0.25, 0.3) is 6.08 Å². The Morgan fingerprint density at radius 1 is 1.45 bits per heavy atom. The number of rotatable bonds is 5. The van der Waals surface area contributed by atoms with E-state index in [1.165, 1.54) is 17.0 Å². The minimum Gasteiger partial charge on any atom is -0.507 e. The lowest BCUT2D eigenvalue weighted by atomic mass is 10.2. The van der Waals surface area contributed by atoms with E-state index in [-0.39, 0.29) is 24.6 Å². The van der Waals surface area contributed by atoms with E-state index in [9.17, 15) is 14.7 Å². The average Bonchev–Trinajstić information content (AvgIpc) is 2.70. The first-order valence-corrected chi connectivity index (χ1v) is 7.94. The van der Waals surface area contributed by atoms with Crippen molar-refractivity contribution in [3.8, 4) is 5.75 Å². The molecule has 0 unspecified atom stereocenters. The number of hydrogen-bond donors (Lipinski definition) is 2. The summed E-state index contributed by atoms with van der Waals surface area (Å²) in [6.45, 7) is 0.260. The minimum absolute atomic E-state index is 0.0144. The van der Waals surface area contributed by atoms with Crippen molar-refractivity contribution in [2.75, 3.05) is 6.54 Å². The molecule has 8 heteroatoms. The number of carbonyl (C=O) groups excluding carboxylic acids is 1. The third kappa shape index (κ3) is 4.00. The van der Waals surface area contributed by atoms with Crippen molar-refractivity contribution in [2.45, 2.75) is 12.8 Å². The maximum atomic E-state index is 12.3. The van der Waals surface area contributed by atoms with Gasteiger partial charge in [0.1, 0.15) is 10.1 Å². The molecular formula is C14H12ClNO4S2. The zero-order chi connectivity index (χ0) is 16.3. The Kier molecular flexibility index (Phi) is 5.44. The largest absolute Gasteiger partial charge is 0.507 e. The number of thiocarbonyl (C=S) groups is 1. The van der Waals surface area contributed by atoms with Gasteiger partial charge in [0.05, 0.1) is 4.91 Å². The number of halogens is 1. The van der Waals surface area contributed by atoms with E-state index in [0.717, 1.165) is 11.8 Å². The van der Waals surface area contributed by atoms with Crippen LogP contribution in [-0.4, -0.2) is 37.9 Å². The van der Waals surface area contributed by atoms with Gasteiger partial charge in [0.15, 0.2) is 0 Å². The van der Waals surface area contributed by atoms with E-state index >= 15 is 0 Å². The average molecular weight is 358 g/mol. The molecule has 2 N–H and O–H groups in total. The summed E-state index contributed by atoms with van der Waals surface area (Å²) < 4.78 is 0.378. The third-order valence-corrected chi connectivity index (χ3v) is 4.54. The molecule has 1 amide bonds. The molecule has 2 rings (SSSR count). The predicted octanol–water partition coefficient (Wildman–Crippen LogP) is 3.11. The standard InChI is InChI=1S/C14H12ClNO4S2/c15-9-3-4-10(17)8(6-9)7-11-13(20)16(14(21)22-11)5-1-2-12(18)19/h3-4,6-7,17H,1-2,5H2,(H,18,19). The lowest BCUT2D eigenvalue weighted by molar-refractivity contribution is -0.137. The van der Waals surface area contributed by atoms with E-state index in [2.05, 4.69) is 0 Å². The van der Waals surface area contributed by atoms with Crippen LogP contribution in [0.3, 0.4) is 0 Å². The van der Waals surface area contributed by atoms with Gasteiger partial charge in [-0.1, -0.05) is 35.6 Å². The second kappa shape index (κ2) is 7.13. The molecule has 1 saturated heterocycles. The van der Waals surface area contributed by atoms with Crippen molar-refractivity contribution in [3.05, 3.63) is 33.7 Å². The van der Waals surface area contributed by atoms with Crippen molar-refractivity contribution in [3.63, 3.8) is 0 Å². The van der Waals surface area contributed by atoms with Crippen LogP contribution < -0.4 is 0 Å². The molecule has 0 atom stereocenters. The van der Waals surface area contributed by atoms with Gasteiger partial charge in [-0.25, -0.2) is 0 Å². The summed E-state index contributed by atoms with van der Waals surface area (Å²) in [7, 11) is 0. The number of phenols is 1. The van der Waals surface area contributed by atoms with Gasteiger partial charge in [0.25, 0.3) is 5.91 Å². The second-order valence-electron chi connectivity index (χ2n) is 4.53. The van der Waals surface area contributed by atoms with Gasteiger partial charge >= 0.3 is 5.97 Å². The number of hydrogen-bond acceptors (Lipinski definition) is 5. The first kappa shape index (κ1) is 16.8. The van der Waals surface area contributed by atoms with Crippen molar-refractivity contribution in [1.82, 2.24) is 4.90 Å². The molecule has 0 radical (unpaired) electrons. The number of carboxylic acid groups (broad SMARTS) is 1. The lowest BCUT2D eigenvalue weighted by Crippen LogP contribution is -2.29. The summed E-state index contributed by atoms with van der Waals surface area (Å²) in [5, 5.41) is 18.9. The summed E-state index contributed by atoms with van der Waals surface area (Å²) in [6, 6.07) is 4.54. The Morgan fingerprint density at radius 3 is 2.86 bits per heavy atom. The molecule has 1 aromatic rings. The molecule has 1 aliphatic rings. The van der Waals surface area contributed by atoms with E-state index in [4.69, 9.17) is 28.9 Å². The number of carbonyl (C=O) groups is 2. The molecule has 0 aromatic heterocycles. The highest BCUT2D eigenvalue weighted by atomic mass is 35.5. The Labute approximate surface area is 141 Å². The molecule has 1 fully saturated rings. The number of thioether (sulfide) groups is 1. The molecular weight excluding hydrogens is 346 g/mol. The van der Waals surface area contributed by atoms with Crippen LogP contribution in [-0.2, 0) is 9.59 Å². The summed E-state index contributed by atoms with van der Waals surface area (Å²) in [5.74, 6) is -1.19. The number of nitrogens with zero attached hydrogens (tertiary/aromatic N) is 1. The zero-order valence-electron chi connectivity index (χ0n) is 11.3. The molecule has 0 aliphatic carbocycles. The highest BCUT2D eigenvalue weighted by Crippen LogP contribution is 2.34. The van der Waals surface area contributed by atoms with Gasteiger partial charge < -0.3 is 10.2 Å². The summed E-state index contributed by atoms with van der Waals surface area (Å²) in [5.41, 5.74) is 0.429. The molecule has 1 aromatic carbocycles. The maximum Gasteiger partial charge on any atom is 0.303 e. The fourth-order valence-corrected chi connectivity index (χ4v) is 3.34. The summed E-state index contributed by atoms with van der Waals surface area (Å²) in [6.07, 6.45) is 1.83. The SMILES string of the molecule is O=C(O)CCCN1C(=O)C(=Cc2cc(Cl)ccc2O)SC1=S. The van der Waals surface area contributed by atoms with E-state index in [1.807, 2.05) is 0 Å². The van der Waals surface area contributed by atoms with Crippen LogP contribution in [0.1, 0.15) is 18.4 Å². The van der Waals surface area contributed by atoms with Crippen molar-refractivity contribution >= 4 is 57.9 Å². The fourth-order valence-electron chi connectivity index (χ4n) is 1.86. The normalized spacial score (nSPS) is 16.6. The van der Waals surface area contributed by atoms with Crippen LogP contribution in [0.5, 0.6) is 5.75 Å². The van der Waals surface area contributed by atoms with E-state index in [0.29, 0.717) is 26.2 Å². The molecule has 0 bridgehead atoms. The lowest BCUT2D eigenvalue weighted by Gasteiger charge is -2.13. The topological polar surface area (TPSA) is 77.8 Å². The molecule has 22 heavy (non-hydrogen) atoms. The Hall–Kier alpha value is -1.57. The quantitative estimate of drug-likeness (QED) is 0.622. The number of phenolic OH excluding ortho intramolecular Hbond substituents is 1. The zero-order valence-corrected chi connectivity index (χ0v) is 13.7. The van der Waals surface area contributed by atoms with Gasteiger partial charge in [0.2, 0.25) is 0 Å².